The number of amides is 1. The second-order valence-corrected chi connectivity index (χ2v) is 7.65. The molecule has 0 aliphatic rings. The van der Waals surface area contributed by atoms with E-state index in [0.717, 1.165) is 15.9 Å². The van der Waals surface area contributed by atoms with Gasteiger partial charge in [-0.2, -0.15) is 9.78 Å². The monoisotopic (exact) mass is 436 g/mol. The van der Waals surface area contributed by atoms with Crippen molar-refractivity contribution in [3.63, 3.8) is 0 Å². The summed E-state index contributed by atoms with van der Waals surface area (Å²) in [5.74, 6) is 0.427. The maximum atomic E-state index is 12.8. The Bertz CT molecular complexity index is 1260. The molecule has 0 bridgehead atoms. The molecular weight excluding hydrogens is 416 g/mol. The lowest BCUT2D eigenvalue weighted by atomic mass is 10.1. The minimum absolute atomic E-state index is 0.325. The van der Waals surface area contributed by atoms with Crippen LogP contribution in [0.15, 0.2) is 48.5 Å². The second-order valence-electron chi connectivity index (χ2n) is 6.64. The van der Waals surface area contributed by atoms with Gasteiger partial charge in [0.15, 0.2) is 0 Å². The van der Waals surface area contributed by atoms with Crippen molar-refractivity contribution < 1.29 is 19.1 Å². The Balaban J connectivity index is 1.63. The molecule has 0 saturated heterocycles. The third-order valence-electron chi connectivity index (χ3n) is 4.49. The quantitative estimate of drug-likeness (QED) is 0.455. The smallest absolute Gasteiger partial charge is 0.337 e. The number of fused-ring (bicyclic) bond motifs is 1. The van der Waals surface area contributed by atoms with E-state index in [2.05, 4.69) is 20.1 Å². The van der Waals surface area contributed by atoms with E-state index in [1.54, 1.807) is 35.0 Å². The van der Waals surface area contributed by atoms with Crippen LogP contribution in [0.1, 0.15) is 33.3 Å². The summed E-state index contributed by atoms with van der Waals surface area (Å²) < 4.78 is 12.9. The zero-order valence-electron chi connectivity index (χ0n) is 17.2. The summed E-state index contributed by atoms with van der Waals surface area (Å²) in [6.45, 7) is 4.31. The molecule has 0 saturated carbocycles. The van der Waals surface area contributed by atoms with Gasteiger partial charge in [0.1, 0.15) is 17.1 Å². The van der Waals surface area contributed by atoms with Crippen LogP contribution in [-0.4, -0.2) is 40.4 Å². The van der Waals surface area contributed by atoms with E-state index < -0.39 is 5.97 Å². The molecule has 1 amide bonds. The number of rotatable bonds is 6. The van der Waals surface area contributed by atoms with Crippen molar-refractivity contribution >= 4 is 39.2 Å². The highest BCUT2D eigenvalue weighted by molar-refractivity contribution is 7.20. The number of hydrogen-bond donors (Lipinski definition) is 1. The molecule has 4 aromatic rings. The molecule has 2 aromatic heterocycles. The first-order valence-electron chi connectivity index (χ1n) is 9.59. The topological polar surface area (TPSA) is 95.3 Å². The molecule has 158 valence electrons. The van der Waals surface area contributed by atoms with Crippen molar-refractivity contribution in [2.75, 3.05) is 19.0 Å². The van der Waals surface area contributed by atoms with Crippen LogP contribution in [0.5, 0.6) is 5.75 Å². The van der Waals surface area contributed by atoms with Crippen molar-refractivity contribution in [3.8, 4) is 10.9 Å². The number of ether oxygens (including phenoxy) is 2. The first kappa shape index (κ1) is 20.5. The van der Waals surface area contributed by atoms with Crippen LogP contribution in [0, 0.1) is 6.92 Å². The van der Waals surface area contributed by atoms with Gasteiger partial charge in [-0.3, -0.25) is 4.79 Å². The van der Waals surface area contributed by atoms with Gasteiger partial charge in [0.2, 0.25) is 5.13 Å². The molecule has 0 aliphatic carbocycles. The Morgan fingerprint density at radius 2 is 1.87 bits per heavy atom. The van der Waals surface area contributed by atoms with E-state index >= 15 is 0 Å². The van der Waals surface area contributed by atoms with Crippen LogP contribution in [0.4, 0.5) is 5.82 Å². The number of carbonyl (C=O) groups excluding carboxylic acids is 2. The van der Waals surface area contributed by atoms with E-state index in [4.69, 9.17) is 4.74 Å². The van der Waals surface area contributed by atoms with Gasteiger partial charge in [0, 0.05) is 11.6 Å². The van der Waals surface area contributed by atoms with Crippen LogP contribution in [0.3, 0.4) is 0 Å². The van der Waals surface area contributed by atoms with Crippen molar-refractivity contribution in [1.82, 2.24) is 14.8 Å². The molecule has 9 heteroatoms. The first-order chi connectivity index (χ1) is 15.0. The summed E-state index contributed by atoms with van der Waals surface area (Å²) >= 11 is 1.46. The maximum Gasteiger partial charge on any atom is 0.337 e. The van der Waals surface area contributed by atoms with Gasteiger partial charge in [-0.15, -0.1) is 0 Å². The molecule has 4 rings (SSSR count). The number of nitrogens with one attached hydrogen (secondary N) is 1. The molecule has 2 heterocycles. The van der Waals surface area contributed by atoms with Crippen molar-refractivity contribution in [2.45, 2.75) is 13.8 Å². The van der Waals surface area contributed by atoms with E-state index in [9.17, 15) is 9.59 Å². The van der Waals surface area contributed by atoms with Gasteiger partial charge in [-0.05, 0) is 50.2 Å². The number of methoxy groups -OCH3 is 1. The number of aryl methyl sites for hydroxylation is 1. The lowest BCUT2D eigenvalue weighted by molar-refractivity contribution is 0.0600. The highest BCUT2D eigenvalue weighted by Crippen LogP contribution is 2.32. The third-order valence-corrected chi connectivity index (χ3v) is 5.49. The number of para-hydroxylation sites is 1. The predicted octanol–water partition coefficient (Wildman–Crippen LogP) is 4.23. The number of anilines is 1. The largest absolute Gasteiger partial charge is 0.492 e. The van der Waals surface area contributed by atoms with Crippen molar-refractivity contribution in [3.05, 3.63) is 65.4 Å². The summed E-state index contributed by atoms with van der Waals surface area (Å²) in [6, 6.07) is 13.8. The highest BCUT2D eigenvalue weighted by Gasteiger charge is 2.17. The molecule has 1 N–H and O–H groups in total. The van der Waals surface area contributed by atoms with Crippen LogP contribution in [-0.2, 0) is 4.74 Å². The second kappa shape index (κ2) is 8.57. The highest BCUT2D eigenvalue weighted by atomic mass is 32.1. The lowest BCUT2D eigenvalue weighted by Crippen LogP contribution is -2.15. The number of carbonyl (C=O) groups is 2. The van der Waals surface area contributed by atoms with E-state index in [1.807, 2.05) is 32.0 Å². The molecule has 0 unspecified atom stereocenters. The molecule has 0 aliphatic heterocycles. The Kier molecular flexibility index (Phi) is 5.68. The Hall–Kier alpha value is -3.72. The summed E-state index contributed by atoms with van der Waals surface area (Å²) in [6.07, 6.45) is 0. The molecular formula is C22H20N4O4S. The number of thiazole rings is 1. The van der Waals surface area contributed by atoms with Gasteiger partial charge >= 0.3 is 5.97 Å². The molecule has 0 radical (unpaired) electrons. The molecule has 0 spiro atoms. The maximum absolute atomic E-state index is 12.8. The number of esters is 1. The van der Waals surface area contributed by atoms with Crippen LogP contribution in [0.2, 0.25) is 0 Å². The number of hydrogen-bond acceptors (Lipinski definition) is 7. The zero-order chi connectivity index (χ0) is 22.0. The van der Waals surface area contributed by atoms with Gasteiger partial charge in [-0.25, -0.2) is 9.78 Å². The van der Waals surface area contributed by atoms with Crippen molar-refractivity contribution in [1.29, 1.82) is 0 Å². The fourth-order valence-electron chi connectivity index (χ4n) is 3.07. The molecule has 31 heavy (non-hydrogen) atoms. The van der Waals surface area contributed by atoms with Gasteiger partial charge in [0.25, 0.3) is 5.91 Å². The summed E-state index contributed by atoms with van der Waals surface area (Å²) in [5.41, 5.74) is 2.27. The average molecular weight is 436 g/mol. The van der Waals surface area contributed by atoms with E-state index in [0.29, 0.717) is 34.4 Å². The summed E-state index contributed by atoms with van der Waals surface area (Å²) in [7, 11) is 1.31. The first-order valence-corrected chi connectivity index (χ1v) is 10.4. The molecule has 0 atom stereocenters. The van der Waals surface area contributed by atoms with E-state index in [1.165, 1.54) is 18.4 Å². The predicted molar refractivity (Wildman–Crippen MR) is 118 cm³/mol. The lowest BCUT2D eigenvalue weighted by Gasteiger charge is -2.07. The summed E-state index contributed by atoms with van der Waals surface area (Å²) in [5, 5.41) is 7.99. The molecule has 0 fully saturated rings. The average Bonchev–Trinajstić information content (AvgIpc) is 3.37. The number of benzene rings is 2. The van der Waals surface area contributed by atoms with Crippen molar-refractivity contribution in [2.24, 2.45) is 0 Å². The fourth-order valence-corrected chi connectivity index (χ4v) is 4.02. The standard InChI is InChI=1S/C22H20N4O4S/c1-4-30-16-6-5-7-17-19(16)24-22(31-17)26-18(12-13(2)25-26)23-20(27)14-8-10-15(11-9-14)21(28)29-3/h5-12H,4H2,1-3H3,(H,23,27). The van der Waals surface area contributed by atoms with Crippen LogP contribution in [0.25, 0.3) is 15.3 Å². The SMILES string of the molecule is CCOc1cccc2sc(-n3nc(C)cc3NC(=O)c3ccc(C(=O)OC)cc3)nc12. The fraction of sp³-hybridized carbons (Fsp3) is 0.182. The van der Waals surface area contributed by atoms with Crippen LogP contribution < -0.4 is 10.1 Å². The minimum Gasteiger partial charge on any atom is -0.492 e. The van der Waals surface area contributed by atoms with Gasteiger partial charge in [-0.1, -0.05) is 17.4 Å². The minimum atomic E-state index is -0.456. The number of nitrogens with zero attached hydrogens (tertiary/aromatic N) is 3. The Morgan fingerprint density at radius 3 is 2.58 bits per heavy atom. The van der Waals surface area contributed by atoms with Gasteiger partial charge in [0.05, 0.1) is 29.7 Å². The molecule has 8 nitrogen and oxygen atoms in total. The Labute approximate surface area is 182 Å². The zero-order valence-corrected chi connectivity index (χ0v) is 18.0. The summed E-state index contributed by atoms with van der Waals surface area (Å²) in [4.78, 5) is 29.0. The third kappa shape index (κ3) is 4.13. The van der Waals surface area contributed by atoms with Crippen LogP contribution >= 0.6 is 11.3 Å². The number of aromatic nitrogens is 3. The normalized spacial score (nSPS) is 10.8. The van der Waals surface area contributed by atoms with Gasteiger partial charge < -0.3 is 14.8 Å². The molecule has 2 aromatic carbocycles. The Morgan fingerprint density at radius 1 is 1.13 bits per heavy atom. The van der Waals surface area contributed by atoms with E-state index in [-0.39, 0.29) is 5.91 Å².